The third kappa shape index (κ3) is 133. The Morgan fingerprint density at radius 1 is 0.731 bits per heavy atom. The van der Waals surface area contributed by atoms with E-state index in [-0.39, 0.29) is 39.9 Å². The molecule has 0 aliphatic rings. The van der Waals surface area contributed by atoms with Gasteiger partial charge >= 0.3 is 34.1 Å². The molecule has 0 aromatic rings. The molecule has 7 nitrogen and oxygen atoms in total. The predicted octanol–water partition coefficient (Wildman–Crippen LogP) is -0.399. The zero-order valence-corrected chi connectivity index (χ0v) is 17.5. The summed E-state index contributed by atoms with van der Waals surface area (Å²) in [6.07, 6.45) is 4.77. The molecule has 0 heterocycles. The van der Waals surface area contributed by atoms with E-state index < -0.39 is 0 Å². The fourth-order valence-corrected chi connectivity index (χ4v) is 1.74. The summed E-state index contributed by atoms with van der Waals surface area (Å²) in [5.41, 5.74) is 0. The molecular formula is C15H16Fe2O7S2-2. The van der Waals surface area contributed by atoms with Gasteiger partial charge in [0.1, 0.15) is 5.78 Å². The van der Waals surface area contributed by atoms with Crippen molar-refractivity contribution in [2.75, 3.05) is 5.75 Å². The summed E-state index contributed by atoms with van der Waals surface area (Å²) in [5.74, 6) is 1.04. The number of carbonyl (C=O) groups is 1. The molecule has 0 fully saturated rings. The molecule has 0 saturated heterocycles. The number of hydrogen-bond donors (Lipinski definition) is 0. The summed E-state index contributed by atoms with van der Waals surface area (Å²) in [4.78, 5) is 55.6. The van der Waals surface area contributed by atoms with Gasteiger partial charge in [0, 0.05) is 6.42 Å². The molecule has 0 aliphatic heterocycles. The van der Waals surface area contributed by atoms with Gasteiger partial charge < -0.3 is 99.6 Å². The Hall–Kier alpha value is -0.571. The van der Waals surface area contributed by atoms with E-state index in [0.29, 0.717) is 11.7 Å². The Morgan fingerprint density at radius 3 is 1.27 bits per heavy atom. The molecule has 0 amide bonds. The first-order valence-corrected chi connectivity index (χ1v) is 6.67. The van der Waals surface area contributed by atoms with E-state index in [0.717, 1.165) is 31.4 Å². The Kier molecular flexibility index (Phi) is 222. The van der Waals surface area contributed by atoms with Gasteiger partial charge in [-0.3, -0.25) is 0 Å². The summed E-state index contributed by atoms with van der Waals surface area (Å²) in [5, 5.41) is 0.328. The van der Waals surface area contributed by atoms with Gasteiger partial charge in [-0.15, -0.1) is 0 Å². The minimum Gasteiger partial charge on any atom is -0.793 e. The summed E-state index contributed by atoms with van der Waals surface area (Å²) in [6, 6.07) is 0. The Morgan fingerprint density at radius 2 is 1.04 bits per heavy atom. The maximum Gasteiger partial charge on any atom is 3.00 e. The quantitative estimate of drug-likeness (QED) is 0.206. The van der Waals surface area contributed by atoms with Crippen LogP contribution in [0.5, 0.6) is 0 Å². The number of hydrogen-bond acceptors (Lipinski definition) is 9. The standard InChI is InChI=1S/C9H18OS2.6CO.2Fe/c1-8(10)4-2-3-5-9(12)6-7-11;6*1-2;;/h9,11-12H,2-7H2,1H3;;;;;;;;/q;6*-1;2*+3/p-2. The number of carbonyl (C=O) groups excluding carboxylic acids is 7. The zero-order valence-electron chi connectivity index (χ0n) is 13.7. The van der Waals surface area contributed by atoms with Crippen LogP contribution in [0.25, 0.3) is 0 Å². The van der Waals surface area contributed by atoms with Gasteiger partial charge in [-0.25, -0.2) is 0 Å². The van der Waals surface area contributed by atoms with Gasteiger partial charge in [0.25, 0.3) is 0 Å². The molecule has 0 bridgehead atoms. The second-order valence-electron chi connectivity index (χ2n) is 3.06. The van der Waals surface area contributed by atoms with E-state index in [2.05, 4.69) is 40.7 Å². The van der Waals surface area contributed by atoms with Crippen molar-refractivity contribution in [3.8, 4) is 0 Å². The van der Waals surface area contributed by atoms with Crippen molar-refractivity contribution in [1.82, 2.24) is 0 Å². The molecule has 1 unspecified atom stereocenters. The molecule has 1 atom stereocenters. The first-order chi connectivity index (χ1) is 11.7. The normalized spacial score (nSPS) is 6.88. The smallest absolute Gasteiger partial charge is 0.793 e. The fraction of sp³-hybridized carbons (Fsp3) is 0.533. The molecule has 8 radical (unpaired) electrons. The van der Waals surface area contributed by atoms with E-state index in [1.54, 1.807) is 6.92 Å². The summed E-state index contributed by atoms with van der Waals surface area (Å²) < 4.78 is 0. The molecule has 0 spiro atoms. The first kappa shape index (κ1) is 56.2. The Labute approximate surface area is 189 Å². The first-order valence-electron chi connectivity index (χ1n) is 5.62. The summed E-state index contributed by atoms with van der Waals surface area (Å²) in [7, 11) is 0. The molecule has 0 aromatic carbocycles. The molecule has 0 saturated carbocycles. The van der Waals surface area contributed by atoms with Crippen LogP contribution < -0.4 is 0 Å². The van der Waals surface area contributed by atoms with Crippen LogP contribution in [-0.4, -0.2) is 57.5 Å². The fourth-order valence-electron chi connectivity index (χ4n) is 1.02. The van der Waals surface area contributed by atoms with Gasteiger partial charge in [-0.05, 0) is 13.3 Å². The van der Waals surface area contributed by atoms with Gasteiger partial charge in [0.15, 0.2) is 0 Å². The maximum absolute atomic E-state index is 10.6. The van der Waals surface area contributed by atoms with E-state index in [1.807, 2.05) is 0 Å². The minimum atomic E-state index is 0. The summed E-state index contributed by atoms with van der Waals surface area (Å²) in [6.45, 7) is 28.6. The predicted molar refractivity (Wildman–Crippen MR) is 91.3 cm³/mol. The Bertz CT molecular complexity index is 205. The molecule has 148 valence electrons. The third-order valence-electron chi connectivity index (χ3n) is 1.74. The molecule has 0 rings (SSSR count). The van der Waals surface area contributed by atoms with Gasteiger partial charge in [0.2, 0.25) is 0 Å². The van der Waals surface area contributed by atoms with Gasteiger partial charge in [-0.2, -0.15) is 11.0 Å². The summed E-state index contributed by atoms with van der Waals surface area (Å²) >= 11 is 9.99. The molecule has 0 aromatic heterocycles. The topological polar surface area (TPSA) is 119 Å². The average Bonchev–Trinajstić information content (AvgIpc) is 2.69. The number of unbranched alkanes of at least 4 members (excludes halogenated alkanes) is 1. The molecule has 0 N–H and O–H groups in total. The largest absolute Gasteiger partial charge is 3.00 e. The van der Waals surface area contributed by atoms with E-state index in [4.69, 9.17) is 54.0 Å². The van der Waals surface area contributed by atoms with Crippen LogP contribution in [0.3, 0.4) is 0 Å². The maximum atomic E-state index is 10.6. The van der Waals surface area contributed by atoms with Crippen LogP contribution >= 0.6 is 0 Å². The number of Topliss-reactive ketones (excluding diaryl/α,β-unsaturated/α-hetero) is 1. The Balaban J connectivity index is -0.0000000252. The monoisotopic (exact) mass is 484 g/mol. The van der Waals surface area contributed by atoms with Crippen molar-refractivity contribution in [2.45, 2.75) is 44.3 Å². The van der Waals surface area contributed by atoms with Crippen molar-refractivity contribution in [3.05, 3.63) is 0 Å². The molecule has 11 heteroatoms. The van der Waals surface area contributed by atoms with E-state index >= 15 is 0 Å². The molecular weight excluding hydrogens is 468 g/mol. The number of ketones is 1. The zero-order chi connectivity index (χ0) is 21.4. The van der Waals surface area contributed by atoms with E-state index in [1.165, 1.54) is 0 Å². The van der Waals surface area contributed by atoms with Crippen LogP contribution in [0.2, 0.25) is 0 Å². The van der Waals surface area contributed by atoms with Gasteiger partial charge in [0.05, 0.1) is 0 Å². The van der Waals surface area contributed by atoms with Crippen LogP contribution in [0.1, 0.15) is 39.0 Å². The number of rotatable bonds is 7. The van der Waals surface area contributed by atoms with Crippen LogP contribution in [0.4, 0.5) is 0 Å². The van der Waals surface area contributed by atoms with Crippen molar-refractivity contribution in [3.63, 3.8) is 0 Å². The van der Waals surface area contributed by atoms with Crippen LogP contribution in [-0.2, 0) is 93.0 Å². The van der Waals surface area contributed by atoms with Crippen molar-refractivity contribution >= 4 is 71.8 Å². The van der Waals surface area contributed by atoms with Crippen molar-refractivity contribution in [1.29, 1.82) is 0 Å². The molecule has 26 heavy (non-hydrogen) atoms. The van der Waals surface area contributed by atoms with Gasteiger partial charge in [-0.1, -0.05) is 19.3 Å². The minimum absolute atomic E-state index is 0. The molecule has 0 aliphatic carbocycles. The third-order valence-corrected chi connectivity index (χ3v) is 2.45. The van der Waals surface area contributed by atoms with E-state index in [9.17, 15) is 4.79 Å². The van der Waals surface area contributed by atoms with Crippen molar-refractivity contribution in [2.24, 2.45) is 0 Å². The second kappa shape index (κ2) is 103. The van der Waals surface area contributed by atoms with Crippen LogP contribution in [0.15, 0.2) is 0 Å². The second-order valence-corrected chi connectivity index (χ2v) is 4.14. The van der Waals surface area contributed by atoms with Crippen LogP contribution in [0, 0.1) is 0 Å². The SMILES string of the molecule is CC(=O)CCCCC([S-])CC[S-].[C-]=O.[C-]=O.[C-]=O.[C-]=O.[C-]=O.[C-]=O.[Fe+3].[Fe+3]. The van der Waals surface area contributed by atoms with Crippen molar-refractivity contribution < 1.29 is 67.7 Å². The average molecular weight is 484 g/mol.